The van der Waals surface area contributed by atoms with Gasteiger partial charge in [-0.05, 0) is 62.6 Å². The minimum absolute atomic E-state index is 0.113. The molecule has 1 N–H and O–H groups in total. The van der Waals surface area contributed by atoms with Crippen LogP contribution in [-0.2, 0) is 16.4 Å². The van der Waals surface area contributed by atoms with E-state index in [1.54, 1.807) is 57.3 Å². The number of hydrogen-bond acceptors (Lipinski definition) is 3. The molecule has 0 bridgehead atoms. The number of hydrogen-bond donors (Lipinski definition) is 1. The first-order valence-electron chi connectivity index (χ1n) is 10.5. The summed E-state index contributed by atoms with van der Waals surface area (Å²) >= 11 is 0. The van der Waals surface area contributed by atoms with Crippen molar-refractivity contribution in [3.63, 3.8) is 0 Å². The molecule has 0 saturated heterocycles. The summed E-state index contributed by atoms with van der Waals surface area (Å²) in [6.07, 6.45) is 4.69. The highest BCUT2D eigenvalue weighted by molar-refractivity contribution is 7.89. The lowest BCUT2D eigenvalue weighted by Gasteiger charge is -2.21. The van der Waals surface area contributed by atoms with Gasteiger partial charge in [-0.1, -0.05) is 37.3 Å². The molecule has 0 radical (unpaired) electrons. The zero-order valence-electron chi connectivity index (χ0n) is 18.6. The van der Waals surface area contributed by atoms with Gasteiger partial charge in [-0.2, -0.15) is 0 Å². The molecule has 7 heteroatoms. The summed E-state index contributed by atoms with van der Waals surface area (Å²) in [5.41, 5.74) is 3.09. The second-order valence-electron chi connectivity index (χ2n) is 8.83. The third-order valence-corrected chi connectivity index (χ3v) is 6.91. The number of aromatic nitrogens is 2. The fraction of sp³-hybridized carbons (Fsp3) is 0.240. The van der Waals surface area contributed by atoms with Gasteiger partial charge in [0.2, 0.25) is 10.0 Å². The van der Waals surface area contributed by atoms with Crippen molar-refractivity contribution < 1.29 is 12.8 Å². The van der Waals surface area contributed by atoms with E-state index in [9.17, 15) is 8.42 Å². The number of pyridine rings is 1. The van der Waals surface area contributed by atoms with E-state index in [1.165, 1.54) is 17.7 Å². The molecule has 2 aromatic carbocycles. The van der Waals surface area contributed by atoms with Gasteiger partial charge in [0.15, 0.2) is 0 Å². The summed E-state index contributed by atoms with van der Waals surface area (Å²) in [4.78, 5) is 4.65. The molecule has 2 heterocycles. The molecule has 0 aliphatic carbocycles. The Kier molecular flexibility index (Phi) is 5.65. The first-order valence-corrected chi connectivity index (χ1v) is 12.0. The number of fused-ring (bicyclic) bond motifs is 1. The molecule has 4 rings (SSSR count). The zero-order chi connectivity index (χ0) is 23.1. The number of nitrogens with zero attached hydrogens (tertiary/aromatic N) is 2. The van der Waals surface area contributed by atoms with E-state index in [0.29, 0.717) is 22.4 Å². The Morgan fingerprint density at radius 3 is 2.44 bits per heavy atom. The van der Waals surface area contributed by atoms with E-state index in [-0.39, 0.29) is 4.90 Å². The van der Waals surface area contributed by atoms with Crippen LogP contribution in [0.1, 0.15) is 33.3 Å². The van der Waals surface area contributed by atoms with Crippen molar-refractivity contribution in [2.24, 2.45) is 0 Å². The fourth-order valence-corrected chi connectivity index (χ4v) is 5.31. The van der Waals surface area contributed by atoms with Crippen LogP contribution in [-0.4, -0.2) is 23.3 Å². The molecule has 0 fully saturated rings. The average Bonchev–Trinajstić information content (AvgIpc) is 3.14. The van der Waals surface area contributed by atoms with Gasteiger partial charge in [0, 0.05) is 29.1 Å². The van der Waals surface area contributed by atoms with Crippen molar-refractivity contribution in [1.29, 1.82) is 0 Å². The first kappa shape index (κ1) is 22.2. The normalized spacial score (nSPS) is 12.4. The third-order valence-electron chi connectivity index (χ3n) is 5.09. The Morgan fingerprint density at radius 2 is 1.75 bits per heavy atom. The van der Waals surface area contributed by atoms with Crippen LogP contribution in [0.2, 0.25) is 0 Å². The number of halogens is 1. The van der Waals surface area contributed by atoms with Crippen LogP contribution in [0.4, 0.5) is 4.39 Å². The molecular weight excluding hydrogens is 425 g/mol. The minimum Gasteiger partial charge on any atom is -0.306 e. The maximum atomic E-state index is 15.2. The number of imidazole rings is 1. The van der Waals surface area contributed by atoms with Gasteiger partial charge < -0.3 is 4.40 Å². The van der Waals surface area contributed by atoms with E-state index in [2.05, 4.69) is 16.6 Å². The molecule has 0 amide bonds. The van der Waals surface area contributed by atoms with Crippen molar-refractivity contribution in [2.75, 3.05) is 0 Å². The Bertz CT molecular complexity index is 1400. The van der Waals surface area contributed by atoms with Gasteiger partial charge in [-0.25, -0.2) is 22.5 Å². The molecule has 2 aromatic heterocycles. The summed E-state index contributed by atoms with van der Waals surface area (Å²) < 4.78 is 45.6. The lowest BCUT2D eigenvalue weighted by atomic mass is 10.0. The molecule has 0 aliphatic rings. The average molecular weight is 452 g/mol. The molecule has 32 heavy (non-hydrogen) atoms. The van der Waals surface area contributed by atoms with Gasteiger partial charge in [0.25, 0.3) is 0 Å². The Morgan fingerprint density at radius 1 is 1.00 bits per heavy atom. The van der Waals surface area contributed by atoms with Crippen LogP contribution < -0.4 is 4.72 Å². The van der Waals surface area contributed by atoms with Crippen LogP contribution in [0.5, 0.6) is 0 Å². The molecular formula is C25H26FN3O2S. The topological polar surface area (TPSA) is 63.5 Å². The highest BCUT2D eigenvalue weighted by Crippen LogP contribution is 2.32. The van der Waals surface area contributed by atoms with Crippen LogP contribution in [0.3, 0.4) is 0 Å². The monoisotopic (exact) mass is 451 g/mol. The summed E-state index contributed by atoms with van der Waals surface area (Å²) in [5, 5.41) is 0. The molecule has 0 atom stereocenters. The molecule has 4 aromatic rings. The van der Waals surface area contributed by atoms with Crippen molar-refractivity contribution in [3.8, 4) is 22.4 Å². The SMILES string of the molecule is CCc1ccc2nc(-c3ccc(-c4ccccc4S(=O)(=O)NC(C)(C)C)cc3F)cn2c1. The van der Waals surface area contributed by atoms with Crippen molar-refractivity contribution >= 4 is 15.7 Å². The summed E-state index contributed by atoms with van der Waals surface area (Å²) in [5.74, 6) is -0.461. The Hall–Kier alpha value is -3.03. The molecule has 0 spiro atoms. The predicted octanol–water partition coefficient (Wildman–Crippen LogP) is 5.45. The van der Waals surface area contributed by atoms with Crippen LogP contribution in [0.25, 0.3) is 28.0 Å². The molecule has 0 unspecified atom stereocenters. The summed E-state index contributed by atoms with van der Waals surface area (Å²) in [7, 11) is -3.78. The van der Waals surface area contributed by atoms with E-state index in [4.69, 9.17) is 0 Å². The zero-order valence-corrected chi connectivity index (χ0v) is 19.4. The number of rotatable bonds is 5. The Labute approximate surface area is 188 Å². The van der Waals surface area contributed by atoms with E-state index < -0.39 is 21.4 Å². The fourth-order valence-electron chi connectivity index (χ4n) is 3.66. The predicted molar refractivity (Wildman–Crippen MR) is 125 cm³/mol. The largest absolute Gasteiger partial charge is 0.306 e. The smallest absolute Gasteiger partial charge is 0.241 e. The second-order valence-corrected chi connectivity index (χ2v) is 10.5. The quantitative estimate of drug-likeness (QED) is 0.439. The van der Waals surface area contributed by atoms with Crippen molar-refractivity contribution in [3.05, 3.63) is 78.4 Å². The summed E-state index contributed by atoms with van der Waals surface area (Å²) in [6, 6.07) is 15.3. The maximum absolute atomic E-state index is 15.2. The van der Waals surface area contributed by atoms with Crippen LogP contribution in [0, 0.1) is 5.82 Å². The number of aryl methyl sites for hydroxylation is 1. The van der Waals surface area contributed by atoms with Crippen LogP contribution in [0.15, 0.2) is 71.9 Å². The van der Waals surface area contributed by atoms with Gasteiger partial charge in [0.05, 0.1) is 10.6 Å². The van der Waals surface area contributed by atoms with Gasteiger partial charge in [-0.15, -0.1) is 0 Å². The van der Waals surface area contributed by atoms with Gasteiger partial charge >= 0.3 is 0 Å². The lowest BCUT2D eigenvalue weighted by Crippen LogP contribution is -2.40. The number of sulfonamides is 1. The third kappa shape index (κ3) is 4.45. The van der Waals surface area contributed by atoms with Gasteiger partial charge in [-0.3, -0.25) is 0 Å². The minimum atomic E-state index is -3.78. The maximum Gasteiger partial charge on any atom is 0.241 e. The number of benzene rings is 2. The van der Waals surface area contributed by atoms with E-state index in [0.717, 1.165) is 12.1 Å². The molecule has 0 aliphatic heterocycles. The van der Waals surface area contributed by atoms with Gasteiger partial charge in [0.1, 0.15) is 11.5 Å². The standard InChI is InChI=1S/C25H26FN3O2S/c1-5-17-10-13-24-27-22(16-29(24)15-17)20-12-11-18(14-21(20)26)19-8-6-7-9-23(19)32(30,31)28-25(2,3)4/h6-16,28H,5H2,1-4H3. The van der Waals surface area contributed by atoms with E-state index >= 15 is 4.39 Å². The van der Waals surface area contributed by atoms with Crippen LogP contribution >= 0.6 is 0 Å². The lowest BCUT2D eigenvalue weighted by molar-refractivity contribution is 0.491. The molecule has 166 valence electrons. The first-order chi connectivity index (χ1) is 15.1. The Balaban J connectivity index is 1.75. The van der Waals surface area contributed by atoms with E-state index in [1.807, 2.05) is 22.7 Å². The summed E-state index contributed by atoms with van der Waals surface area (Å²) in [6.45, 7) is 7.41. The van der Waals surface area contributed by atoms with Crippen molar-refractivity contribution in [2.45, 2.75) is 44.6 Å². The molecule has 5 nitrogen and oxygen atoms in total. The molecule has 0 saturated carbocycles. The number of nitrogens with one attached hydrogen (secondary N) is 1. The highest BCUT2D eigenvalue weighted by atomic mass is 32.2. The second kappa shape index (κ2) is 8.15. The van der Waals surface area contributed by atoms with Crippen molar-refractivity contribution in [1.82, 2.24) is 14.1 Å². The highest BCUT2D eigenvalue weighted by Gasteiger charge is 2.25.